The number of aromatic nitrogens is 2. The van der Waals surface area contributed by atoms with Crippen molar-refractivity contribution in [1.82, 2.24) is 10.2 Å². The van der Waals surface area contributed by atoms with E-state index in [0.29, 0.717) is 18.2 Å². The van der Waals surface area contributed by atoms with E-state index in [9.17, 15) is 9.59 Å². The fourth-order valence-electron chi connectivity index (χ4n) is 3.14. The summed E-state index contributed by atoms with van der Waals surface area (Å²) in [5.41, 5.74) is 0.839. The van der Waals surface area contributed by atoms with Crippen LogP contribution in [0.4, 0.5) is 11.7 Å². The van der Waals surface area contributed by atoms with Gasteiger partial charge in [-0.3, -0.25) is 14.9 Å². The smallest absolute Gasteiger partial charge is 0.322 e. The molecule has 3 aromatic rings. The van der Waals surface area contributed by atoms with E-state index in [2.05, 4.69) is 15.5 Å². The number of hydrogen-bond donors (Lipinski definition) is 1. The molecule has 0 saturated carbocycles. The van der Waals surface area contributed by atoms with E-state index >= 15 is 0 Å². The van der Waals surface area contributed by atoms with Gasteiger partial charge in [-0.2, -0.15) is 0 Å². The molecule has 1 unspecified atom stereocenters. The minimum absolute atomic E-state index is 0.00282. The van der Waals surface area contributed by atoms with Crippen LogP contribution in [0.15, 0.2) is 65.1 Å². The molecule has 0 spiro atoms. The van der Waals surface area contributed by atoms with E-state index in [1.165, 1.54) is 0 Å². The van der Waals surface area contributed by atoms with E-state index in [1.54, 1.807) is 4.90 Å². The van der Waals surface area contributed by atoms with Crippen molar-refractivity contribution in [2.75, 3.05) is 23.4 Å². The van der Waals surface area contributed by atoms with Crippen molar-refractivity contribution < 1.29 is 18.7 Å². The standard InChI is InChI=1S/C21H20N4O4/c26-18(11-12-28-17-9-5-2-6-10-17)22-21-24-23-20(29-21)15-13-19(27)25(14-15)16-7-3-1-4-8-16/h1-10,15H,11-14H2,(H,22,24,26). The van der Waals surface area contributed by atoms with Crippen molar-refractivity contribution in [2.45, 2.75) is 18.8 Å². The van der Waals surface area contributed by atoms with Crippen molar-refractivity contribution in [3.63, 3.8) is 0 Å². The van der Waals surface area contributed by atoms with Crippen LogP contribution in [-0.4, -0.2) is 35.2 Å². The van der Waals surface area contributed by atoms with Gasteiger partial charge < -0.3 is 14.1 Å². The van der Waals surface area contributed by atoms with E-state index < -0.39 is 0 Å². The summed E-state index contributed by atoms with van der Waals surface area (Å²) in [6, 6.07) is 18.7. The van der Waals surface area contributed by atoms with Crippen molar-refractivity contribution >= 4 is 23.5 Å². The Bertz CT molecular complexity index is 975. The largest absolute Gasteiger partial charge is 0.493 e. The number of anilines is 2. The predicted molar refractivity (Wildman–Crippen MR) is 106 cm³/mol. The average Bonchev–Trinajstić information content (AvgIpc) is 3.36. The summed E-state index contributed by atoms with van der Waals surface area (Å²) in [7, 11) is 0. The second-order valence-corrected chi connectivity index (χ2v) is 6.65. The molecule has 8 heteroatoms. The molecule has 0 radical (unpaired) electrons. The van der Waals surface area contributed by atoms with Crippen LogP contribution in [0.25, 0.3) is 0 Å². The zero-order valence-electron chi connectivity index (χ0n) is 15.7. The Hall–Kier alpha value is -3.68. The van der Waals surface area contributed by atoms with Gasteiger partial charge in [0.2, 0.25) is 17.7 Å². The van der Waals surface area contributed by atoms with Crippen LogP contribution in [0.2, 0.25) is 0 Å². The molecule has 0 aliphatic carbocycles. The molecule has 0 bridgehead atoms. The quantitative estimate of drug-likeness (QED) is 0.664. The molecule has 1 atom stereocenters. The summed E-state index contributed by atoms with van der Waals surface area (Å²) in [6.45, 7) is 0.698. The van der Waals surface area contributed by atoms with E-state index in [0.717, 1.165) is 5.69 Å². The topological polar surface area (TPSA) is 97.6 Å². The van der Waals surface area contributed by atoms with Crippen molar-refractivity contribution in [3.8, 4) is 5.75 Å². The minimum Gasteiger partial charge on any atom is -0.493 e. The van der Waals surface area contributed by atoms with Gasteiger partial charge in [0.1, 0.15) is 5.75 Å². The predicted octanol–water partition coefficient (Wildman–Crippen LogP) is 3.00. The average molecular weight is 392 g/mol. The monoisotopic (exact) mass is 392 g/mol. The molecule has 2 amide bonds. The summed E-state index contributed by atoms with van der Waals surface area (Å²) in [5, 5.41) is 10.4. The lowest BCUT2D eigenvalue weighted by atomic mass is 10.1. The van der Waals surface area contributed by atoms with Gasteiger partial charge >= 0.3 is 6.01 Å². The second-order valence-electron chi connectivity index (χ2n) is 6.65. The number of ether oxygens (including phenoxy) is 1. The first-order valence-electron chi connectivity index (χ1n) is 9.35. The van der Waals surface area contributed by atoms with Gasteiger partial charge in [-0.15, -0.1) is 5.10 Å². The Morgan fingerprint density at radius 3 is 2.59 bits per heavy atom. The van der Waals surface area contributed by atoms with Crippen LogP contribution in [-0.2, 0) is 9.59 Å². The van der Waals surface area contributed by atoms with Gasteiger partial charge in [-0.25, -0.2) is 0 Å². The lowest BCUT2D eigenvalue weighted by Crippen LogP contribution is -2.24. The van der Waals surface area contributed by atoms with Crippen molar-refractivity contribution in [2.24, 2.45) is 0 Å². The number of hydrogen-bond acceptors (Lipinski definition) is 6. The molecule has 1 aliphatic rings. The highest BCUT2D eigenvalue weighted by Gasteiger charge is 2.35. The molecule has 2 aromatic carbocycles. The summed E-state index contributed by atoms with van der Waals surface area (Å²) in [6.07, 6.45) is 0.436. The molecule has 1 aliphatic heterocycles. The molecule has 148 valence electrons. The maximum absolute atomic E-state index is 12.3. The highest BCUT2D eigenvalue weighted by molar-refractivity contribution is 5.96. The molecule has 4 rings (SSSR count). The highest BCUT2D eigenvalue weighted by Crippen LogP contribution is 2.31. The number of nitrogens with one attached hydrogen (secondary N) is 1. The molecule has 29 heavy (non-hydrogen) atoms. The second kappa shape index (κ2) is 8.55. The number of carbonyl (C=O) groups is 2. The molecule has 1 saturated heterocycles. The third-order valence-corrected chi connectivity index (χ3v) is 4.57. The first-order chi connectivity index (χ1) is 14.2. The third kappa shape index (κ3) is 4.60. The lowest BCUT2D eigenvalue weighted by molar-refractivity contribution is -0.117. The number of carbonyl (C=O) groups excluding carboxylic acids is 2. The number of benzene rings is 2. The lowest BCUT2D eigenvalue weighted by Gasteiger charge is -2.15. The maximum atomic E-state index is 12.3. The molecule has 8 nitrogen and oxygen atoms in total. The highest BCUT2D eigenvalue weighted by atomic mass is 16.5. The molecular weight excluding hydrogens is 372 g/mol. The van der Waals surface area contributed by atoms with Crippen molar-refractivity contribution in [1.29, 1.82) is 0 Å². The summed E-state index contributed by atoms with van der Waals surface area (Å²) < 4.78 is 11.1. The van der Waals surface area contributed by atoms with Gasteiger partial charge in [0.15, 0.2) is 0 Å². The number of amides is 2. The van der Waals surface area contributed by atoms with Crippen LogP contribution in [0.5, 0.6) is 5.75 Å². The van der Waals surface area contributed by atoms with Crippen LogP contribution in [0, 0.1) is 0 Å². The van der Waals surface area contributed by atoms with Crippen LogP contribution >= 0.6 is 0 Å². The minimum atomic E-state index is -0.287. The molecule has 1 aromatic heterocycles. The number of para-hydroxylation sites is 2. The zero-order chi connectivity index (χ0) is 20.1. The Balaban J connectivity index is 1.29. The Morgan fingerprint density at radius 1 is 1.10 bits per heavy atom. The Kier molecular flexibility index (Phi) is 5.51. The zero-order valence-corrected chi connectivity index (χ0v) is 15.7. The first-order valence-corrected chi connectivity index (χ1v) is 9.35. The summed E-state index contributed by atoms with van der Waals surface area (Å²) in [4.78, 5) is 26.1. The summed E-state index contributed by atoms with van der Waals surface area (Å²) >= 11 is 0. The van der Waals surface area contributed by atoms with Crippen LogP contribution in [0.3, 0.4) is 0 Å². The van der Waals surface area contributed by atoms with E-state index in [4.69, 9.17) is 9.15 Å². The van der Waals surface area contributed by atoms with Gasteiger partial charge in [0.25, 0.3) is 0 Å². The number of nitrogens with zero attached hydrogens (tertiary/aromatic N) is 3. The van der Waals surface area contributed by atoms with Gasteiger partial charge in [-0.05, 0) is 24.3 Å². The Labute approximate surface area is 167 Å². The van der Waals surface area contributed by atoms with Crippen molar-refractivity contribution in [3.05, 3.63) is 66.6 Å². The van der Waals surface area contributed by atoms with Gasteiger partial charge in [-0.1, -0.05) is 41.5 Å². The van der Waals surface area contributed by atoms with Crippen LogP contribution < -0.4 is 15.0 Å². The van der Waals surface area contributed by atoms with Crippen LogP contribution in [0.1, 0.15) is 24.7 Å². The molecular formula is C21H20N4O4. The molecule has 2 heterocycles. The SMILES string of the molecule is O=C(CCOc1ccccc1)Nc1nnc(C2CC(=O)N(c3ccccc3)C2)o1. The number of rotatable bonds is 7. The fraction of sp³-hybridized carbons (Fsp3) is 0.238. The van der Waals surface area contributed by atoms with E-state index in [1.807, 2.05) is 60.7 Å². The van der Waals surface area contributed by atoms with E-state index in [-0.39, 0.29) is 43.2 Å². The Morgan fingerprint density at radius 2 is 1.83 bits per heavy atom. The third-order valence-electron chi connectivity index (χ3n) is 4.57. The van der Waals surface area contributed by atoms with Gasteiger partial charge in [0, 0.05) is 18.7 Å². The molecule has 1 fully saturated rings. The summed E-state index contributed by atoms with van der Waals surface area (Å²) in [5.74, 6) is 0.553. The fourth-order valence-corrected chi connectivity index (χ4v) is 3.14. The van der Waals surface area contributed by atoms with Gasteiger partial charge in [0.05, 0.1) is 18.9 Å². The maximum Gasteiger partial charge on any atom is 0.322 e. The first kappa shape index (κ1) is 18.7. The normalized spacial score (nSPS) is 16.1. The molecule has 1 N–H and O–H groups in total.